The summed E-state index contributed by atoms with van der Waals surface area (Å²) in [6, 6.07) is 9.79. The molecule has 0 N–H and O–H groups in total. The first-order valence-electron chi connectivity index (χ1n) is 8.33. The molecule has 1 nitrogen and oxygen atoms in total. The van der Waals surface area contributed by atoms with Gasteiger partial charge in [-0.3, -0.25) is 4.90 Å². The lowest BCUT2D eigenvalue weighted by molar-refractivity contribution is 0.133. The van der Waals surface area contributed by atoms with Crippen LogP contribution in [0.25, 0.3) is 5.57 Å². The van der Waals surface area contributed by atoms with Crippen molar-refractivity contribution in [2.24, 2.45) is 0 Å². The van der Waals surface area contributed by atoms with Crippen LogP contribution < -0.4 is 0 Å². The van der Waals surface area contributed by atoms with Gasteiger partial charge in [-0.25, -0.2) is 0 Å². The van der Waals surface area contributed by atoms with Crippen LogP contribution in [0.4, 0.5) is 0 Å². The van der Waals surface area contributed by atoms with Crippen LogP contribution in [0.15, 0.2) is 40.6 Å². The second-order valence-electron chi connectivity index (χ2n) is 6.09. The number of alkyl halides is 1. The van der Waals surface area contributed by atoms with Gasteiger partial charge in [-0.2, -0.15) is 0 Å². The highest BCUT2D eigenvalue weighted by Gasteiger charge is 2.29. The highest BCUT2D eigenvalue weighted by atomic mass is 127. The summed E-state index contributed by atoms with van der Waals surface area (Å²) in [5.41, 5.74) is 3.20. The van der Waals surface area contributed by atoms with Gasteiger partial charge in [0.15, 0.2) is 0 Å². The van der Waals surface area contributed by atoms with Crippen molar-refractivity contribution >= 4 is 50.8 Å². The normalized spacial score (nSPS) is 21.3. The fraction of sp³-hybridized carbons (Fsp3) is 0.474. The van der Waals surface area contributed by atoms with Gasteiger partial charge < -0.3 is 0 Å². The Balaban J connectivity index is 0.000000753. The number of thiophene rings is 2. The molecule has 2 aromatic heterocycles. The van der Waals surface area contributed by atoms with Gasteiger partial charge in [-0.15, -0.1) is 22.7 Å². The largest absolute Gasteiger partial charge is 0.296 e. The third kappa shape index (κ3) is 4.09. The van der Waals surface area contributed by atoms with Gasteiger partial charge in [-0.1, -0.05) is 41.1 Å². The number of halogens is 1. The molecule has 2 aromatic rings. The Morgan fingerprint density at radius 3 is 2.35 bits per heavy atom. The third-order valence-electron chi connectivity index (χ3n) is 4.81. The van der Waals surface area contributed by atoms with E-state index >= 15 is 0 Å². The minimum absolute atomic E-state index is 0.857. The molecule has 2 aliphatic rings. The van der Waals surface area contributed by atoms with Crippen LogP contribution in [0, 0.1) is 0 Å². The average Bonchev–Trinajstić information content (AvgIpc) is 3.31. The quantitative estimate of drug-likeness (QED) is 0.377. The minimum atomic E-state index is 0.857. The maximum absolute atomic E-state index is 2.74. The van der Waals surface area contributed by atoms with E-state index in [1.807, 2.05) is 27.6 Å². The molecule has 0 bridgehead atoms. The van der Waals surface area contributed by atoms with Crippen LogP contribution in [-0.4, -0.2) is 29.0 Å². The monoisotopic (exact) mass is 457 g/mol. The fourth-order valence-corrected chi connectivity index (χ4v) is 5.51. The molecule has 124 valence electrons. The van der Waals surface area contributed by atoms with Crippen molar-refractivity contribution in [2.75, 3.05) is 18.0 Å². The summed E-state index contributed by atoms with van der Waals surface area (Å²) < 4.78 is 0. The van der Waals surface area contributed by atoms with E-state index in [0.29, 0.717) is 0 Å². The van der Waals surface area contributed by atoms with Crippen molar-refractivity contribution in [1.82, 2.24) is 4.90 Å². The van der Waals surface area contributed by atoms with E-state index in [0.717, 1.165) is 6.04 Å². The summed E-state index contributed by atoms with van der Waals surface area (Å²) in [5, 5.41) is 4.41. The predicted octanol–water partition coefficient (Wildman–Crippen LogP) is 6.31. The molecule has 4 heteroatoms. The molecule has 0 saturated carbocycles. The summed E-state index contributed by atoms with van der Waals surface area (Å²) in [6.45, 7) is 2.49. The molecule has 2 aliphatic heterocycles. The summed E-state index contributed by atoms with van der Waals surface area (Å²) >= 11 is 5.92. The standard InChI is InChI=1S/C18H21NS2.CH3I/c1-2-10-19-13-14(8-9-15(19)5-1)18(16-6-3-11-20-16)17-7-4-12-21-17;1-2/h3-4,6-7,11-12,15H,1-2,5,8-10,13H2;1H3. The van der Waals surface area contributed by atoms with Gasteiger partial charge in [0.1, 0.15) is 0 Å². The lowest BCUT2D eigenvalue weighted by Crippen LogP contribution is -2.43. The van der Waals surface area contributed by atoms with Crippen LogP contribution in [0.3, 0.4) is 0 Å². The Bertz CT molecular complexity index is 580. The molecule has 2 fully saturated rings. The topological polar surface area (TPSA) is 3.24 Å². The Morgan fingerprint density at radius 2 is 1.74 bits per heavy atom. The molecule has 0 aromatic carbocycles. The van der Waals surface area contributed by atoms with Gasteiger partial charge in [0.05, 0.1) is 0 Å². The van der Waals surface area contributed by atoms with Crippen molar-refractivity contribution in [3.63, 3.8) is 0 Å². The molecule has 0 spiro atoms. The van der Waals surface area contributed by atoms with Gasteiger partial charge in [0.2, 0.25) is 0 Å². The number of piperidine rings is 2. The Morgan fingerprint density at radius 1 is 1.04 bits per heavy atom. The molecule has 0 radical (unpaired) electrons. The molecular formula is C19H24INS2. The van der Waals surface area contributed by atoms with Crippen LogP contribution in [0.1, 0.15) is 41.9 Å². The maximum atomic E-state index is 2.74. The van der Waals surface area contributed by atoms with Gasteiger partial charge >= 0.3 is 0 Å². The highest BCUT2D eigenvalue weighted by molar-refractivity contribution is 14.1. The van der Waals surface area contributed by atoms with E-state index < -0.39 is 0 Å². The van der Waals surface area contributed by atoms with Crippen molar-refractivity contribution in [3.05, 3.63) is 50.4 Å². The maximum Gasteiger partial charge on any atom is 0.0356 e. The SMILES string of the molecule is CI.c1csc(C(=C2CCC3CCCCN3C2)c2cccs2)c1. The first kappa shape index (κ1) is 17.6. The number of fused-ring (bicyclic) bond motifs is 1. The van der Waals surface area contributed by atoms with E-state index in [9.17, 15) is 0 Å². The summed E-state index contributed by atoms with van der Waals surface area (Å²) in [4.78, 5) is 7.60. The molecular weight excluding hydrogens is 433 g/mol. The Hall–Kier alpha value is -0.170. The van der Waals surface area contributed by atoms with Crippen molar-refractivity contribution in [1.29, 1.82) is 0 Å². The number of nitrogens with zero attached hydrogens (tertiary/aromatic N) is 1. The second-order valence-corrected chi connectivity index (χ2v) is 7.99. The lowest BCUT2D eigenvalue weighted by atomic mass is 9.88. The van der Waals surface area contributed by atoms with E-state index in [4.69, 9.17) is 0 Å². The summed E-state index contributed by atoms with van der Waals surface area (Å²) in [5.74, 6) is 0. The van der Waals surface area contributed by atoms with E-state index in [2.05, 4.69) is 62.5 Å². The molecule has 4 rings (SSSR count). The minimum Gasteiger partial charge on any atom is -0.296 e. The number of rotatable bonds is 2. The first-order valence-corrected chi connectivity index (χ1v) is 12.2. The second kappa shape index (κ2) is 8.79. The zero-order valence-electron chi connectivity index (χ0n) is 13.6. The van der Waals surface area contributed by atoms with Crippen LogP contribution >= 0.6 is 45.3 Å². The third-order valence-corrected chi connectivity index (χ3v) is 6.59. The molecule has 0 aliphatic carbocycles. The van der Waals surface area contributed by atoms with Crippen LogP contribution in [0.5, 0.6) is 0 Å². The molecule has 4 heterocycles. The van der Waals surface area contributed by atoms with E-state index in [1.54, 1.807) is 5.57 Å². The smallest absolute Gasteiger partial charge is 0.0356 e. The molecule has 1 atom stereocenters. The number of hydrogen-bond donors (Lipinski definition) is 0. The van der Waals surface area contributed by atoms with Crippen molar-refractivity contribution in [3.8, 4) is 0 Å². The zero-order valence-corrected chi connectivity index (χ0v) is 17.4. The molecule has 23 heavy (non-hydrogen) atoms. The van der Waals surface area contributed by atoms with Crippen LogP contribution in [-0.2, 0) is 0 Å². The highest BCUT2D eigenvalue weighted by Crippen LogP contribution is 2.38. The van der Waals surface area contributed by atoms with Gasteiger partial charge in [0, 0.05) is 27.9 Å². The molecule has 0 amide bonds. The predicted molar refractivity (Wildman–Crippen MR) is 113 cm³/mol. The van der Waals surface area contributed by atoms with E-state index in [1.165, 1.54) is 60.5 Å². The average molecular weight is 457 g/mol. The summed E-state index contributed by atoms with van der Waals surface area (Å²) in [7, 11) is 0. The molecule has 1 unspecified atom stereocenters. The van der Waals surface area contributed by atoms with E-state index in [-0.39, 0.29) is 0 Å². The molecule has 2 saturated heterocycles. The fourth-order valence-electron chi connectivity index (χ4n) is 3.78. The summed E-state index contributed by atoms with van der Waals surface area (Å²) in [6.07, 6.45) is 6.88. The number of hydrogen-bond acceptors (Lipinski definition) is 3. The first-order chi connectivity index (χ1) is 11.4. The Kier molecular flexibility index (Phi) is 6.74. The van der Waals surface area contributed by atoms with Crippen molar-refractivity contribution in [2.45, 2.75) is 38.1 Å². The Labute approximate surface area is 161 Å². The lowest BCUT2D eigenvalue weighted by Gasteiger charge is -2.41. The van der Waals surface area contributed by atoms with Gasteiger partial charge in [0.25, 0.3) is 0 Å². The zero-order chi connectivity index (χ0) is 16.1. The van der Waals surface area contributed by atoms with Crippen molar-refractivity contribution < 1.29 is 0 Å². The van der Waals surface area contributed by atoms with Gasteiger partial charge in [-0.05, 0) is 65.6 Å². The van der Waals surface area contributed by atoms with Crippen LogP contribution in [0.2, 0.25) is 0 Å².